The minimum atomic E-state index is -0.170. The van der Waals surface area contributed by atoms with Gasteiger partial charge in [-0.2, -0.15) is 0 Å². The predicted molar refractivity (Wildman–Crippen MR) is 89.4 cm³/mol. The Morgan fingerprint density at radius 2 is 1.86 bits per heavy atom. The second-order valence-electron chi connectivity index (χ2n) is 5.63. The van der Waals surface area contributed by atoms with Gasteiger partial charge in [0.05, 0.1) is 10.6 Å². The van der Waals surface area contributed by atoms with E-state index in [1.807, 2.05) is 38.1 Å². The monoisotopic (exact) mass is 301 g/mol. The van der Waals surface area contributed by atoms with E-state index in [2.05, 4.69) is 19.2 Å². The lowest BCUT2D eigenvalue weighted by atomic mass is 9.98. The summed E-state index contributed by atoms with van der Waals surface area (Å²) in [6.45, 7) is 8.18. The van der Waals surface area contributed by atoms with Gasteiger partial charge in [-0.1, -0.05) is 49.7 Å². The summed E-state index contributed by atoms with van der Waals surface area (Å²) in [6.07, 6.45) is 0. The SMILES string of the molecule is Cc1ccc(C(=O)Nc2c(C)cccc2C(C)C)c(Cl)c1. The van der Waals surface area contributed by atoms with Gasteiger partial charge in [0.25, 0.3) is 5.91 Å². The van der Waals surface area contributed by atoms with E-state index in [0.717, 1.165) is 22.4 Å². The molecule has 0 unspecified atom stereocenters. The number of carbonyl (C=O) groups excluding carboxylic acids is 1. The van der Waals surface area contributed by atoms with Crippen molar-refractivity contribution in [1.82, 2.24) is 0 Å². The zero-order chi connectivity index (χ0) is 15.6. The van der Waals surface area contributed by atoms with E-state index in [1.165, 1.54) is 0 Å². The van der Waals surface area contributed by atoms with Crippen molar-refractivity contribution in [2.75, 3.05) is 5.32 Å². The molecule has 2 aromatic rings. The van der Waals surface area contributed by atoms with Crippen LogP contribution in [-0.4, -0.2) is 5.91 Å². The summed E-state index contributed by atoms with van der Waals surface area (Å²) in [6, 6.07) is 11.5. The number of nitrogens with one attached hydrogen (secondary N) is 1. The van der Waals surface area contributed by atoms with Crippen LogP contribution < -0.4 is 5.32 Å². The molecule has 0 saturated heterocycles. The fourth-order valence-electron chi connectivity index (χ4n) is 2.33. The minimum absolute atomic E-state index is 0.170. The lowest BCUT2D eigenvalue weighted by molar-refractivity contribution is 0.102. The van der Waals surface area contributed by atoms with Crippen molar-refractivity contribution >= 4 is 23.2 Å². The van der Waals surface area contributed by atoms with Crippen molar-refractivity contribution in [3.63, 3.8) is 0 Å². The Morgan fingerprint density at radius 1 is 1.14 bits per heavy atom. The number of aryl methyl sites for hydroxylation is 2. The molecule has 0 spiro atoms. The Kier molecular flexibility index (Phi) is 4.69. The molecule has 0 aliphatic carbocycles. The van der Waals surface area contributed by atoms with E-state index in [-0.39, 0.29) is 5.91 Å². The second-order valence-corrected chi connectivity index (χ2v) is 6.04. The van der Waals surface area contributed by atoms with Gasteiger partial charge in [0, 0.05) is 5.69 Å². The molecule has 21 heavy (non-hydrogen) atoms. The maximum Gasteiger partial charge on any atom is 0.257 e. The smallest absolute Gasteiger partial charge is 0.257 e. The molecule has 0 heterocycles. The van der Waals surface area contributed by atoms with Gasteiger partial charge in [0.1, 0.15) is 0 Å². The third-order valence-electron chi connectivity index (χ3n) is 3.53. The molecule has 0 aliphatic heterocycles. The zero-order valence-corrected chi connectivity index (χ0v) is 13.6. The highest BCUT2D eigenvalue weighted by atomic mass is 35.5. The third-order valence-corrected chi connectivity index (χ3v) is 3.85. The number of halogens is 1. The number of hydrogen-bond donors (Lipinski definition) is 1. The molecule has 0 radical (unpaired) electrons. The van der Waals surface area contributed by atoms with Gasteiger partial charge in [-0.3, -0.25) is 4.79 Å². The molecular weight excluding hydrogens is 282 g/mol. The van der Waals surface area contributed by atoms with E-state index in [0.29, 0.717) is 16.5 Å². The van der Waals surface area contributed by atoms with Crippen LogP contribution in [0.25, 0.3) is 0 Å². The molecule has 1 amide bonds. The van der Waals surface area contributed by atoms with Gasteiger partial charge in [0.15, 0.2) is 0 Å². The molecule has 1 N–H and O–H groups in total. The van der Waals surface area contributed by atoms with Gasteiger partial charge in [-0.15, -0.1) is 0 Å². The number of carbonyl (C=O) groups is 1. The number of rotatable bonds is 3. The highest BCUT2D eigenvalue weighted by Crippen LogP contribution is 2.28. The second kappa shape index (κ2) is 6.31. The quantitative estimate of drug-likeness (QED) is 0.815. The molecule has 0 bridgehead atoms. The standard InChI is InChI=1S/C18H20ClNO/c1-11(2)14-7-5-6-13(4)17(14)20-18(21)15-9-8-12(3)10-16(15)19/h5-11H,1-4H3,(H,20,21). The summed E-state index contributed by atoms with van der Waals surface area (Å²) in [5.74, 6) is 0.171. The van der Waals surface area contributed by atoms with Gasteiger partial charge in [-0.25, -0.2) is 0 Å². The maximum absolute atomic E-state index is 12.5. The fourth-order valence-corrected chi connectivity index (χ4v) is 2.65. The first kappa shape index (κ1) is 15.6. The van der Waals surface area contributed by atoms with E-state index < -0.39 is 0 Å². The topological polar surface area (TPSA) is 29.1 Å². The highest BCUT2D eigenvalue weighted by Gasteiger charge is 2.15. The van der Waals surface area contributed by atoms with E-state index in [1.54, 1.807) is 12.1 Å². The molecule has 2 rings (SSSR count). The van der Waals surface area contributed by atoms with Crippen LogP contribution in [0.3, 0.4) is 0 Å². The molecule has 110 valence electrons. The van der Waals surface area contributed by atoms with Crippen LogP contribution in [0.2, 0.25) is 5.02 Å². The fraction of sp³-hybridized carbons (Fsp3) is 0.278. The molecular formula is C18H20ClNO. The van der Waals surface area contributed by atoms with Crippen LogP contribution in [0.15, 0.2) is 36.4 Å². The Labute approximate surface area is 131 Å². The zero-order valence-electron chi connectivity index (χ0n) is 12.8. The van der Waals surface area contributed by atoms with Crippen LogP contribution in [0.5, 0.6) is 0 Å². The first-order valence-corrected chi connectivity index (χ1v) is 7.45. The summed E-state index contributed by atoms with van der Waals surface area (Å²) in [4.78, 5) is 12.5. The normalized spacial score (nSPS) is 10.8. The van der Waals surface area contributed by atoms with Crippen LogP contribution in [-0.2, 0) is 0 Å². The summed E-state index contributed by atoms with van der Waals surface area (Å²) in [7, 11) is 0. The molecule has 0 atom stereocenters. The number of hydrogen-bond acceptors (Lipinski definition) is 1. The molecule has 0 aliphatic rings. The average molecular weight is 302 g/mol. The number of benzene rings is 2. The Hall–Kier alpha value is -1.80. The lowest BCUT2D eigenvalue weighted by Crippen LogP contribution is -2.15. The van der Waals surface area contributed by atoms with Crippen molar-refractivity contribution in [1.29, 1.82) is 0 Å². The van der Waals surface area contributed by atoms with Crippen LogP contribution in [0.4, 0.5) is 5.69 Å². The molecule has 0 fully saturated rings. The lowest BCUT2D eigenvalue weighted by Gasteiger charge is -2.17. The van der Waals surface area contributed by atoms with Crippen LogP contribution in [0.1, 0.15) is 46.8 Å². The number of para-hydroxylation sites is 1. The van der Waals surface area contributed by atoms with E-state index in [9.17, 15) is 4.79 Å². The molecule has 2 aromatic carbocycles. The first-order chi connectivity index (χ1) is 9.90. The van der Waals surface area contributed by atoms with Crippen molar-refractivity contribution in [2.45, 2.75) is 33.6 Å². The first-order valence-electron chi connectivity index (χ1n) is 7.07. The van der Waals surface area contributed by atoms with Crippen molar-refractivity contribution < 1.29 is 4.79 Å². The molecule has 0 aromatic heterocycles. The molecule has 0 saturated carbocycles. The third kappa shape index (κ3) is 3.45. The number of anilines is 1. The van der Waals surface area contributed by atoms with E-state index in [4.69, 9.17) is 11.6 Å². The molecule has 2 nitrogen and oxygen atoms in total. The van der Waals surface area contributed by atoms with Gasteiger partial charge in [0.2, 0.25) is 0 Å². The average Bonchev–Trinajstić information content (AvgIpc) is 2.40. The largest absolute Gasteiger partial charge is 0.321 e. The Balaban J connectivity index is 2.36. The van der Waals surface area contributed by atoms with Crippen molar-refractivity contribution in [2.24, 2.45) is 0 Å². The number of amides is 1. The minimum Gasteiger partial charge on any atom is -0.321 e. The van der Waals surface area contributed by atoms with Gasteiger partial charge < -0.3 is 5.32 Å². The summed E-state index contributed by atoms with van der Waals surface area (Å²) < 4.78 is 0. The summed E-state index contributed by atoms with van der Waals surface area (Å²) >= 11 is 6.17. The van der Waals surface area contributed by atoms with Gasteiger partial charge >= 0.3 is 0 Å². The highest BCUT2D eigenvalue weighted by molar-refractivity contribution is 6.34. The maximum atomic E-state index is 12.5. The Bertz CT molecular complexity index is 677. The molecule has 3 heteroatoms. The van der Waals surface area contributed by atoms with Crippen LogP contribution >= 0.6 is 11.6 Å². The van der Waals surface area contributed by atoms with E-state index >= 15 is 0 Å². The summed E-state index contributed by atoms with van der Waals surface area (Å²) in [5, 5.41) is 3.49. The van der Waals surface area contributed by atoms with Gasteiger partial charge in [-0.05, 0) is 48.6 Å². The van der Waals surface area contributed by atoms with Crippen molar-refractivity contribution in [3.8, 4) is 0 Å². The van der Waals surface area contributed by atoms with Crippen molar-refractivity contribution in [3.05, 3.63) is 63.7 Å². The summed E-state index contributed by atoms with van der Waals surface area (Å²) in [5.41, 5.74) is 4.61. The Morgan fingerprint density at radius 3 is 2.48 bits per heavy atom. The predicted octanol–water partition coefficient (Wildman–Crippen LogP) is 5.33. The van der Waals surface area contributed by atoms with Crippen LogP contribution in [0, 0.1) is 13.8 Å².